The van der Waals surface area contributed by atoms with Gasteiger partial charge in [0.25, 0.3) is 0 Å². The van der Waals surface area contributed by atoms with E-state index < -0.39 is 0 Å². The number of halogens is 2. The van der Waals surface area contributed by atoms with Crippen molar-refractivity contribution in [2.24, 2.45) is 12.8 Å². The lowest BCUT2D eigenvalue weighted by atomic mass is 10.0. The van der Waals surface area contributed by atoms with Gasteiger partial charge in [-0.25, -0.2) is 0 Å². The van der Waals surface area contributed by atoms with Gasteiger partial charge in [-0.15, -0.1) is 0 Å². The molecule has 0 aliphatic rings. The molecule has 1 unspecified atom stereocenters. The highest BCUT2D eigenvalue weighted by Gasteiger charge is 2.17. The lowest BCUT2D eigenvalue weighted by molar-refractivity contribution is 0.669. The molecule has 0 radical (unpaired) electrons. The smallest absolute Gasteiger partial charge is 0.0738 e. The summed E-state index contributed by atoms with van der Waals surface area (Å²) in [5.74, 6) is 0. The Bertz CT molecular complexity index is 549. The van der Waals surface area contributed by atoms with Crippen LogP contribution in [0, 0.1) is 6.92 Å². The summed E-state index contributed by atoms with van der Waals surface area (Å²) in [4.78, 5) is 0. The first-order chi connectivity index (χ1) is 8.00. The number of hydrogen-bond acceptors (Lipinski definition) is 2. The molecule has 0 aliphatic carbocycles. The molecule has 2 aromatic rings. The van der Waals surface area contributed by atoms with Gasteiger partial charge in [-0.3, -0.25) is 4.68 Å². The molecule has 1 heterocycles. The normalized spacial score (nSPS) is 12.8. The molecular formula is C12H13Cl2N3. The van der Waals surface area contributed by atoms with Crippen molar-refractivity contribution in [3.8, 4) is 0 Å². The molecule has 2 N–H and O–H groups in total. The Balaban J connectivity index is 2.47. The van der Waals surface area contributed by atoms with Gasteiger partial charge in [-0.05, 0) is 24.6 Å². The fourth-order valence-corrected chi connectivity index (χ4v) is 2.27. The molecule has 0 spiro atoms. The van der Waals surface area contributed by atoms with E-state index in [2.05, 4.69) is 5.10 Å². The lowest BCUT2D eigenvalue weighted by Crippen LogP contribution is -2.16. The molecule has 0 saturated heterocycles. The molecule has 2 rings (SSSR count). The first-order valence-electron chi connectivity index (χ1n) is 5.20. The van der Waals surface area contributed by atoms with Crippen LogP contribution in [0.4, 0.5) is 0 Å². The van der Waals surface area contributed by atoms with Gasteiger partial charge in [0.15, 0.2) is 0 Å². The SMILES string of the molecule is Cc1cc(C(N)c2cccc(Cl)c2Cl)n(C)n1. The Morgan fingerprint density at radius 2 is 2.06 bits per heavy atom. The number of benzene rings is 1. The van der Waals surface area contributed by atoms with Crippen molar-refractivity contribution in [2.75, 3.05) is 0 Å². The van der Waals surface area contributed by atoms with E-state index in [1.165, 1.54) is 0 Å². The third kappa shape index (κ3) is 2.32. The minimum absolute atomic E-state index is 0.326. The molecular weight excluding hydrogens is 257 g/mol. The molecule has 1 aromatic heterocycles. The van der Waals surface area contributed by atoms with E-state index in [0.29, 0.717) is 10.0 Å². The Labute approximate surface area is 110 Å². The van der Waals surface area contributed by atoms with Gasteiger partial charge in [-0.2, -0.15) is 5.10 Å². The predicted octanol–water partition coefficient (Wildman–Crippen LogP) is 3.08. The van der Waals surface area contributed by atoms with Crippen LogP contribution in [0.15, 0.2) is 24.3 Å². The highest BCUT2D eigenvalue weighted by atomic mass is 35.5. The van der Waals surface area contributed by atoms with Crippen LogP contribution in [0.25, 0.3) is 0 Å². The fraction of sp³-hybridized carbons (Fsp3) is 0.250. The maximum absolute atomic E-state index is 6.20. The van der Waals surface area contributed by atoms with E-state index in [1.807, 2.05) is 32.2 Å². The molecule has 0 saturated carbocycles. The Hall–Kier alpha value is -1.03. The quantitative estimate of drug-likeness (QED) is 0.911. The van der Waals surface area contributed by atoms with Crippen molar-refractivity contribution >= 4 is 23.2 Å². The summed E-state index contributed by atoms with van der Waals surface area (Å²) in [5, 5.41) is 5.28. The average molecular weight is 270 g/mol. The van der Waals surface area contributed by atoms with E-state index in [9.17, 15) is 0 Å². The summed E-state index contributed by atoms with van der Waals surface area (Å²) in [7, 11) is 1.86. The second-order valence-corrected chi connectivity index (χ2v) is 4.74. The summed E-state index contributed by atoms with van der Waals surface area (Å²) in [6.45, 7) is 1.93. The number of nitrogens with zero attached hydrogens (tertiary/aromatic N) is 2. The van der Waals surface area contributed by atoms with Gasteiger partial charge in [0.1, 0.15) is 0 Å². The summed E-state index contributed by atoms with van der Waals surface area (Å²) >= 11 is 12.1. The third-order valence-electron chi connectivity index (χ3n) is 2.67. The molecule has 90 valence electrons. The molecule has 0 bridgehead atoms. The summed E-state index contributed by atoms with van der Waals surface area (Å²) in [5.41, 5.74) is 8.84. The second-order valence-electron chi connectivity index (χ2n) is 3.95. The number of hydrogen-bond donors (Lipinski definition) is 1. The minimum atomic E-state index is -0.326. The largest absolute Gasteiger partial charge is 0.319 e. The second kappa shape index (κ2) is 4.69. The average Bonchev–Trinajstić information content (AvgIpc) is 2.61. The van der Waals surface area contributed by atoms with Gasteiger partial charge < -0.3 is 5.73 Å². The first kappa shape index (κ1) is 12.4. The zero-order valence-corrected chi connectivity index (χ0v) is 11.1. The fourth-order valence-electron chi connectivity index (χ4n) is 1.84. The Morgan fingerprint density at radius 3 is 2.65 bits per heavy atom. The van der Waals surface area contributed by atoms with Crippen LogP contribution < -0.4 is 5.73 Å². The van der Waals surface area contributed by atoms with Crippen molar-refractivity contribution in [3.63, 3.8) is 0 Å². The molecule has 0 fully saturated rings. The summed E-state index contributed by atoms with van der Waals surface area (Å²) < 4.78 is 1.76. The highest BCUT2D eigenvalue weighted by Crippen LogP contribution is 2.31. The van der Waals surface area contributed by atoms with Gasteiger partial charge in [-0.1, -0.05) is 35.3 Å². The molecule has 1 atom stereocenters. The number of aromatic nitrogens is 2. The standard InChI is InChI=1S/C12H13Cl2N3/c1-7-6-10(17(2)16-7)12(15)8-4-3-5-9(13)11(8)14/h3-6,12H,15H2,1-2H3. The molecule has 0 aliphatic heterocycles. The number of rotatable bonds is 2. The highest BCUT2D eigenvalue weighted by molar-refractivity contribution is 6.42. The van der Waals surface area contributed by atoms with Crippen LogP contribution in [0.1, 0.15) is 23.0 Å². The van der Waals surface area contributed by atoms with Crippen molar-refractivity contribution in [1.82, 2.24) is 9.78 Å². The van der Waals surface area contributed by atoms with E-state index >= 15 is 0 Å². The Kier molecular flexibility index (Phi) is 3.43. The van der Waals surface area contributed by atoms with E-state index in [1.54, 1.807) is 10.7 Å². The summed E-state index contributed by atoms with van der Waals surface area (Å²) in [6.07, 6.45) is 0. The third-order valence-corrected chi connectivity index (χ3v) is 3.51. The van der Waals surface area contributed by atoms with Crippen molar-refractivity contribution in [1.29, 1.82) is 0 Å². The van der Waals surface area contributed by atoms with Crippen LogP contribution in [0.2, 0.25) is 10.0 Å². The molecule has 17 heavy (non-hydrogen) atoms. The van der Waals surface area contributed by atoms with Gasteiger partial charge in [0.05, 0.1) is 27.5 Å². The monoisotopic (exact) mass is 269 g/mol. The van der Waals surface area contributed by atoms with Gasteiger partial charge in [0, 0.05) is 7.05 Å². The minimum Gasteiger partial charge on any atom is -0.319 e. The van der Waals surface area contributed by atoms with Crippen molar-refractivity contribution in [2.45, 2.75) is 13.0 Å². The summed E-state index contributed by atoms with van der Waals surface area (Å²) in [6, 6.07) is 7.08. The van der Waals surface area contributed by atoms with Crippen LogP contribution in [-0.2, 0) is 7.05 Å². The Morgan fingerprint density at radius 1 is 1.35 bits per heavy atom. The number of aryl methyl sites for hydroxylation is 2. The zero-order chi connectivity index (χ0) is 12.6. The maximum atomic E-state index is 6.20. The van der Waals surface area contributed by atoms with E-state index in [0.717, 1.165) is 17.0 Å². The van der Waals surface area contributed by atoms with Crippen LogP contribution in [0.5, 0.6) is 0 Å². The van der Waals surface area contributed by atoms with Crippen LogP contribution in [-0.4, -0.2) is 9.78 Å². The topological polar surface area (TPSA) is 43.8 Å². The van der Waals surface area contributed by atoms with E-state index in [-0.39, 0.29) is 6.04 Å². The lowest BCUT2D eigenvalue weighted by Gasteiger charge is -2.14. The van der Waals surface area contributed by atoms with Crippen LogP contribution >= 0.6 is 23.2 Å². The predicted molar refractivity (Wildman–Crippen MR) is 70.4 cm³/mol. The number of nitrogens with two attached hydrogens (primary N) is 1. The maximum Gasteiger partial charge on any atom is 0.0738 e. The molecule has 1 aromatic carbocycles. The first-order valence-corrected chi connectivity index (χ1v) is 5.96. The molecule has 0 amide bonds. The zero-order valence-electron chi connectivity index (χ0n) is 9.61. The van der Waals surface area contributed by atoms with Crippen molar-refractivity contribution in [3.05, 3.63) is 51.3 Å². The van der Waals surface area contributed by atoms with Gasteiger partial charge in [0.2, 0.25) is 0 Å². The van der Waals surface area contributed by atoms with Gasteiger partial charge >= 0.3 is 0 Å². The van der Waals surface area contributed by atoms with Crippen molar-refractivity contribution < 1.29 is 0 Å². The van der Waals surface area contributed by atoms with E-state index in [4.69, 9.17) is 28.9 Å². The molecule has 5 heteroatoms. The molecule has 3 nitrogen and oxygen atoms in total. The van der Waals surface area contributed by atoms with Crippen LogP contribution in [0.3, 0.4) is 0 Å².